The number of hydrogen-bond acceptors (Lipinski definition) is 2. The third kappa shape index (κ3) is 5.51. The van der Waals surface area contributed by atoms with Gasteiger partial charge in [0.25, 0.3) is 0 Å². The van der Waals surface area contributed by atoms with Crippen molar-refractivity contribution >= 4 is 18.3 Å². The molecule has 0 saturated carbocycles. The van der Waals surface area contributed by atoms with Crippen molar-refractivity contribution in [3.8, 4) is 0 Å². The van der Waals surface area contributed by atoms with Gasteiger partial charge in [0.1, 0.15) is 0 Å². The van der Waals surface area contributed by atoms with Crippen LogP contribution in [-0.4, -0.2) is 11.4 Å². The molecule has 1 atom stereocenters. The van der Waals surface area contributed by atoms with Crippen molar-refractivity contribution in [2.75, 3.05) is 0 Å². The molecular formula is C16H27ClN2O. The zero-order chi connectivity index (χ0) is 14.5. The molecule has 3 nitrogen and oxygen atoms in total. The Hall–Kier alpha value is -1.06. The summed E-state index contributed by atoms with van der Waals surface area (Å²) in [5.74, 6) is 0.447. The molecule has 1 rings (SSSR count). The summed E-state index contributed by atoms with van der Waals surface area (Å²) in [6.07, 6.45) is 1.61. The van der Waals surface area contributed by atoms with Crippen molar-refractivity contribution < 1.29 is 4.79 Å². The maximum atomic E-state index is 12.0. The molecule has 0 aliphatic rings. The first-order valence-electron chi connectivity index (χ1n) is 7.03. The smallest absolute Gasteiger partial charge is 0.240 e. The summed E-state index contributed by atoms with van der Waals surface area (Å²) in [6.45, 7) is 8.69. The first kappa shape index (κ1) is 18.9. The molecule has 1 aromatic rings. The molecule has 0 aliphatic carbocycles. The first-order valence-corrected chi connectivity index (χ1v) is 7.03. The maximum absolute atomic E-state index is 12.0. The van der Waals surface area contributed by atoms with Gasteiger partial charge in [0, 0.05) is 6.54 Å². The topological polar surface area (TPSA) is 55.1 Å². The van der Waals surface area contributed by atoms with E-state index in [2.05, 4.69) is 43.4 Å². The summed E-state index contributed by atoms with van der Waals surface area (Å²) in [5.41, 5.74) is 7.63. The minimum absolute atomic E-state index is 0. The van der Waals surface area contributed by atoms with E-state index in [0.29, 0.717) is 18.9 Å². The molecule has 0 aromatic heterocycles. The Morgan fingerprint density at radius 3 is 2.30 bits per heavy atom. The van der Waals surface area contributed by atoms with Crippen molar-refractivity contribution in [1.82, 2.24) is 5.32 Å². The van der Waals surface area contributed by atoms with Crippen molar-refractivity contribution in [3.63, 3.8) is 0 Å². The number of hydrogen-bond donors (Lipinski definition) is 2. The molecular weight excluding hydrogens is 272 g/mol. The van der Waals surface area contributed by atoms with Gasteiger partial charge < -0.3 is 11.1 Å². The highest BCUT2D eigenvalue weighted by molar-refractivity contribution is 5.85. The van der Waals surface area contributed by atoms with E-state index in [1.165, 1.54) is 5.56 Å². The molecule has 0 saturated heterocycles. The third-order valence-electron chi connectivity index (χ3n) is 3.39. The number of carbonyl (C=O) groups excluding carboxylic acids is 1. The third-order valence-corrected chi connectivity index (χ3v) is 3.39. The Balaban J connectivity index is 0.00000361. The average Bonchev–Trinajstić information content (AvgIpc) is 2.36. The van der Waals surface area contributed by atoms with Crippen LogP contribution in [0.5, 0.6) is 0 Å². The fourth-order valence-corrected chi connectivity index (χ4v) is 2.04. The van der Waals surface area contributed by atoms with Crippen LogP contribution in [0.25, 0.3) is 0 Å². The number of carbonyl (C=O) groups is 1. The monoisotopic (exact) mass is 298 g/mol. The van der Waals surface area contributed by atoms with Gasteiger partial charge in [-0.05, 0) is 30.4 Å². The fourth-order valence-electron chi connectivity index (χ4n) is 2.04. The van der Waals surface area contributed by atoms with Gasteiger partial charge in [0.15, 0.2) is 0 Å². The van der Waals surface area contributed by atoms with E-state index >= 15 is 0 Å². The van der Waals surface area contributed by atoms with Gasteiger partial charge in [0.2, 0.25) is 5.91 Å². The van der Waals surface area contributed by atoms with E-state index in [9.17, 15) is 4.79 Å². The zero-order valence-corrected chi connectivity index (χ0v) is 13.7. The highest BCUT2D eigenvalue weighted by atomic mass is 35.5. The van der Waals surface area contributed by atoms with Crippen molar-refractivity contribution in [1.29, 1.82) is 0 Å². The van der Waals surface area contributed by atoms with Crippen molar-refractivity contribution in [2.45, 2.75) is 58.5 Å². The number of nitrogens with one attached hydrogen (secondary N) is 1. The van der Waals surface area contributed by atoms with Gasteiger partial charge in [-0.1, -0.05) is 51.5 Å². The Kier molecular flexibility index (Phi) is 7.84. The molecule has 4 heteroatoms. The van der Waals surface area contributed by atoms with Gasteiger partial charge in [-0.3, -0.25) is 4.79 Å². The van der Waals surface area contributed by atoms with E-state index in [4.69, 9.17) is 5.73 Å². The Labute approximate surface area is 128 Å². The fraction of sp³-hybridized carbons (Fsp3) is 0.562. The van der Waals surface area contributed by atoms with Gasteiger partial charge >= 0.3 is 0 Å². The Bertz CT molecular complexity index is 413. The van der Waals surface area contributed by atoms with E-state index in [1.54, 1.807) is 6.92 Å². The van der Waals surface area contributed by atoms with E-state index in [0.717, 1.165) is 12.0 Å². The lowest BCUT2D eigenvalue weighted by atomic mass is 9.96. The second-order valence-corrected chi connectivity index (χ2v) is 5.75. The highest BCUT2D eigenvalue weighted by Crippen LogP contribution is 2.15. The molecule has 0 heterocycles. The lowest BCUT2D eigenvalue weighted by molar-refractivity contribution is -0.126. The second-order valence-electron chi connectivity index (χ2n) is 5.75. The molecule has 0 aliphatic heterocycles. The minimum Gasteiger partial charge on any atom is -0.350 e. The lowest BCUT2D eigenvalue weighted by Gasteiger charge is -2.22. The highest BCUT2D eigenvalue weighted by Gasteiger charge is 2.26. The molecule has 20 heavy (non-hydrogen) atoms. The second kappa shape index (κ2) is 8.28. The zero-order valence-electron chi connectivity index (χ0n) is 12.9. The predicted molar refractivity (Wildman–Crippen MR) is 87.1 cm³/mol. The SMILES string of the molecule is CCCC(C)(N)C(=O)NCc1ccc(C(C)C)cc1.Cl. The Morgan fingerprint density at radius 2 is 1.85 bits per heavy atom. The Morgan fingerprint density at radius 1 is 1.30 bits per heavy atom. The van der Waals surface area contributed by atoms with Crippen molar-refractivity contribution in [2.24, 2.45) is 5.73 Å². The standard InChI is InChI=1S/C16H26N2O.ClH/c1-5-10-16(4,17)15(19)18-11-13-6-8-14(9-7-13)12(2)3;/h6-9,12H,5,10-11,17H2,1-4H3,(H,18,19);1H. The molecule has 0 bridgehead atoms. The molecule has 1 unspecified atom stereocenters. The minimum atomic E-state index is -0.771. The largest absolute Gasteiger partial charge is 0.350 e. The number of benzene rings is 1. The average molecular weight is 299 g/mol. The van der Waals surface area contributed by atoms with Crippen LogP contribution < -0.4 is 11.1 Å². The van der Waals surface area contributed by atoms with E-state index < -0.39 is 5.54 Å². The van der Waals surface area contributed by atoms with Crippen molar-refractivity contribution in [3.05, 3.63) is 35.4 Å². The predicted octanol–water partition coefficient (Wildman–Crippen LogP) is 3.37. The summed E-state index contributed by atoms with van der Waals surface area (Å²) >= 11 is 0. The van der Waals surface area contributed by atoms with Crippen LogP contribution in [0, 0.1) is 0 Å². The summed E-state index contributed by atoms with van der Waals surface area (Å²) in [7, 11) is 0. The van der Waals surface area contributed by atoms with Crippen LogP contribution in [0.3, 0.4) is 0 Å². The summed E-state index contributed by atoms with van der Waals surface area (Å²) in [5, 5.41) is 2.91. The van der Waals surface area contributed by atoms with E-state index in [1.807, 2.05) is 6.92 Å². The van der Waals surface area contributed by atoms with Gasteiger partial charge in [0.05, 0.1) is 5.54 Å². The molecule has 1 amide bonds. The number of amides is 1. The van der Waals surface area contributed by atoms with Gasteiger partial charge in [-0.25, -0.2) is 0 Å². The normalized spacial score (nSPS) is 13.5. The first-order chi connectivity index (χ1) is 8.86. The van der Waals surface area contributed by atoms with Gasteiger partial charge in [-0.2, -0.15) is 0 Å². The summed E-state index contributed by atoms with van der Waals surface area (Å²) in [4.78, 5) is 12.0. The molecule has 3 N–H and O–H groups in total. The van der Waals surface area contributed by atoms with Crippen LogP contribution >= 0.6 is 12.4 Å². The maximum Gasteiger partial charge on any atom is 0.240 e. The number of nitrogens with two attached hydrogens (primary N) is 1. The molecule has 114 valence electrons. The quantitative estimate of drug-likeness (QED) is 0.846. The molecule has 0 fully saturated rings. The lowest BCUT2D eigenvalue weighted by Crippen LogP contribution is -2.51. The van der Waals surface area contributed by atoms with Crippen LogP contribution in [0.2, 0.25) is 0 Å². The summed E-state index contributed by atoms with van der Waals surface area (Å²) in [6, 6.07) is 8.34. The molecule has 0 spiro atoms. The van der Waals surface area contributed by atoms with Gasteiger partial charge in [-0.15, -0.1) is 12.4 Å². The van der Waals surface area contributed by atoms with Crippen LogP contribution in [0.15, 0.2) is 24.3 Å². The van der Waals surface area contributed by atoms with Crippen LogP contribution in [-0.2, 0) is 11.3 Å². The van der Waals surface area contributed by atoms with Crippen LogP contribution in [0.4, 0.5) is 0 Å². The van der Waals surface area contributed by atoms with E-state index in [-0.39, 0.29) is 18.3 Å². The number of rotatable bonds is 6. The molecule has 0 radical (unpaired) electrons. The number of halogens is 1. The molecule has 1 aromatic carbocycles. The summed E-state index contributed by atoms with van der Waals surface area (Å²) < 4.78 is 0. The van der Waals surface area contributed by atoms with Crippen LogP contribution in [0.1, 0.15) is 57.6 Å².